The van der Waals surface area contributed by atoms with Gasteiger partial charge < -0.3 is 5.32 Å². The molecule has 1 N–H and O–H groups in total. The highest BCUT2D eigenvalue weighted by molar-refractivity contribution is 9.10. The maximum absolute atomic E-state index is 13.2. The lowest BCUT2D eigenvalue weighted by Crippen LogP contribution is -2.30. The molecule has 0 radical (unpaired) electrons. The summed E-state index contributed by atoms with van der Waals surface area (Å²) in [5, 5.41) is 3.59. The highest BCUT2D eigenvalue weighted by Gasteiger charge is 2.20. The summed E-state index contributed by atoms with van der Waals surface area (Å²) in [4.78, 5) is 0. The molecular formula is C16H23BrFN. The van der Waals surface area contributed by atoms with Crippen molar-refractivity contribution in [1.29, 1.82) is 0 Å². The molecular weight excluding hydrogens is 305 g/mol. The summed E-state index contributed by atoms with van der Waals surface area (Å²) in [5.41, 5.74) is 1.25. The molecule has 1 aliphatic rings. The Bertz CT molecular complexity index is 408. The zero-order valence-corrected chi connectivity index (χ0v) is 13.2. The molecule has 0 bridgehead atoms. The van der Waals surface area contributed by atoms with E-state index < -0.39 is 0 Å². The molecule has 106 valence electrons. The lowest BCUT2D eigenvalue weighted by Gasteiger charge is -2.20. The highest BCUT2D eigenvalue weighted by Crippen LogP contribution is 2.27. The van der Waals surface area contributed by atoms with Crippen LogP contribution in [0, 0.1) is 11.7 Å². The molecule has 2 atom stereocenters. The van der Waals surface area contributed by atoms with Crippen LogP contribution in [0.25, 0.3) is 0 Å². The number of hydrogen-bond donors (Lipinski definition) is 1. The van der Waals surface area contributed by atoms with E-state index in [1.165, 1.54) is 37.7 Å². The molecule has 1 aromatic rings. The van der Waals surface area contributed by atoms with E-state index in [1.54, 1.807) is 6.07 Å². The average Bonchev–Trinajstić information content (AvgIpc) is 2.60. The van der Waals surface area contributed by atoms with E-state index in [2.05, 4.69) is 28.2 Å². The minimum Gasteiger partial charge on any atom is -0.314 e. The molecule has 1 fully saturated rings. The van der Waals surface area contributed by atoms with Crippen LogP contribution in [0.15, 0.2) is 22.7 Å². The van der Waals surface area contributed by atoms with Crippen molar-refractivity contribution < 1.29 is 4.39 Å². The maximum Gasteiger partial charge on any atom is 0.137 e. The Balaban J connectivity index is 1.97. The van der Waals surface area contributed by atoms with Gasteiger partial charge in [-0.05, 0) is 65.4 Å². The number of benzene rings is 1. The molecule has 0 aromatic heterocycles. The van der Waals surface area contributed by atoms with Crippen LogP contribution < -0.4 is 5.32 Å². The Labute approximate surface area is 124 Å². The third-order valence-electron chi connectivity index (χ3n) is 4.03. The number of halogens is 2. The van der Waals surface area contributed by atoms with E-state index in [0.717, 1.165) is 18.9 Å². The van der Waals surface area contributed by atoms with Crippen molar-refractivity contribution in [3.8, 4) is 0 Å². The normalized spacial score (nSPS) is 24.2. The molecule has 1 aliphatic carbocycles. The van der Waals surface area contributed by atoms with Gasteiger partial charge in [-0.2, -0.15) is 0 Å². The Morgan fingerprint density at radius 3 is 2.84 bits per heavy atom. The molecule has 0 spiro atoms. The van der Waals surface area contributed by atoms with Crippen LogP contribution >= 0.6 is 15.9 Å². The Kier molecular flexibility index (Phi) is 5.83. The van der Waals surface area contributed by atoms with Gasteiger partial charge in [0.15, 0.2) is 0 Å². The topological polar surface area (TPSA) is 12.0 Å². The zero-order valence-electron chi connectivity index (χ0n) is 11.6. The molecule has 0 saturated heterocycles. The Morgan fingerprint density at radius 2 is 2.11 bits per heavy atom. The third kappa shape index (κ3) is 4.57. The lowest BCUT2D eigenvalue weighted by atomic mass is 9.91. The first-order valence-electron chi connectivity index (χ1n) is 7.36. The third-order valence-corrected chi connectivity index (χ3v) is 4.64. The Morgan fingerprint density at radius 1 is 1.32 bits per heavy atom. The quantitative estimate of drug-likeness (QED) is 0.791. The second kappa shape index (κ2) is 7.39. The largest absolute Gasteiger partial charge is 0.314 e. The van der Waals surface area contributed by atoms with Crippen molar-refractivity contribution in [3.63, 3.8) is 0 Å². The zero-order chi connectivity index (χ0) is 13.7. The molecule has 1 saturated carbocycles. The van der Waals surface area contributed by atoms with Gasteiger partial charge in [-0.3, -0.25) is 0 Å². The van der Waals surface area contributed by atoms with Gasteiger partial charge in [0.1, 0.15) is 5.82 Å². The molecule has 3 heteroatoms. The van der Waals surface area contributed by atoms with Gasteiger partial charge in [-0.25, -0.2) is 4.39 Å². The van der Waals surface area contributed by atoms with Crippen molar-refractivity contribution in [2.45, 2.75) is 51.5 Å². The van der Waals surface area contributed by atoms with Crippen molar-refractivity contribution in [2.75, 3.05) is 6.54 Å². The van der Waals surface area contributed by atoms with E-state index >= 15 is 0 Å². The van der Waals surface area contributed by atoms with Crippen LogP contribution in [-0.2, 0) is 6.42 Å². The second-order valence-corrected chi connectivity index (χ2v) is 6.45. The summed E-state index contributed by atoms with van der Waals surface area (Å²) in [5.74, 6) is 0.555. The van der Waals surface area contributed by atoms with Gasteiger partial charge in [0.05, 0.1) is 4.47 Å². The van der Waals surface area contributed by atoms with Gasteiger partial charge in [-0.1, -0.05) is 32.3 Å². The second-order valence-electron chi connectivity index (χ2n) is 5.59. The first kappa shape index (κ1) is 15.0. The van der Waals surface area contributed by atoms with E-state index in [1.807, 2.05) is 12.1 Å². The standard InChI is InChI=1S/C16H23BrFN/c1-2-19-14-6-4-3-5-12(10-14)9-13-7-8-16(18)15(17)11-13/h7-8,11-12,14,19H,2-6,9-10H2,1H3. The van der Waals surface area contributed by atoms with Crippen molar-refractivity contribution in [3.05, 3.63) is 34.1 Å². The van der Waals surface area contributed by atoms with Crippen molar-refractivity contribution >= 4 is 15.9 Å². The summed E-state index contributed by atoms with van der Waals surface area (Å²) in [6, 6.07) is 6.09. The van der Waals surface area contributed by atoms with Crippen molar-refractivity contribution in [1.82, 2.24) is 5.32 Å². The SMILES string of the molecule is CCNC1CCCCC(Cc2ccc(F)c(Br)c2)C1. The molecule has 0 aliphatic heterocycles. The summed E-state index contributed by atoms with van der Waals surface area (Å²) in [7, 11) is 0. The summed E-state index contributed by atoms with van der Waals surface area (Å²) < 4.78 is 13.8. The predicted molar refractivity (Wildman–Crippen MR) is 81.8 cm³/mol. The average molecular weight is 328 g/mol. The smallest absolute Gasteiger partial charge is 0.137 e. The molecule has 1 aromatic carbocycles. The minimum atomic E-state index is -0.171. The highest BCUT2D eigenvalue weighted by atomic mass is 79.9. The van der Waals surface area contributed by atoms with Gasteiger partial charge in [0, 0.05) is 6.04 Å². The van der Waals surface area contributed by atoms with E-state index in [-0.39, 0.29) is 5.82 Å². The van der Waals surface area contributed by atoms with Crippen LogP contribution in [-0.4, -0.2) is 12.6 Å². The van der Waals surface area contributed by atoms with Crippen LogP contribution in [0.4, 0.5) is 4.39 Å². The van der Waals surface area contributed by atoms with E-state index in [4.69, 9.17) is 0 Å². The number of nitrogens with one attached hydrogen (secondary N) is 1. The lowest BCUT2D eigenvalue weighted by molar-refractivity contribution is 0.389. The van der Waals surface area contributed by atoms with Gasteiger partial charge in [-0.15, -0.1) is 0 Å². The fraction of sp³-hybridized carbons (Fsp3) is 0.625. The van der Waals surface area contributed by atoms with Gasteiger partial charge >= 0.3 is 0 Å². The molecule has 19 heavy (non-hydrogen) atoms. The fourth-order valence-electron chi connectivity index (χ4n) is 3.12. The van der Waals surface area contributed by atoms with Crippen molar-refractivity contribution in [2.24, 2.45) is 5.92 Å². The van der Waals surface area contributed by atoms with Crippen LogP contribution in [0.3, 0.4) is 0 Å². The molecule has 2 unspecified atom stereocenters. The first-order valence-corrected chi connectivity index (χ1v) is 8.15. The maximum atomic E-state index is 13.2. The summed E-state index contributed by atoms with van der Waals surface area (Å²) in [6.45, 7) is 3.23. The molecule has 2 rings (SSSR count). The summed E-state index contributed by atoms with van der Waals surface area (Å²) in [6.07, 6.45) is 7.59. The van der Waals surface area contributed by atoms with E-state index in [0.29, 0.717) is 10.5 Å². The number of hydrogen-bond acceptors (Lipinski definition) is 1. The predicted octanol–water partition coefficient (Wildman–Crippen LogP) is 4.69. The Hall–Kier alpha value is -0.410. The van der Waals surface area contributed by atoms with Crippen LogP contribution in [0.1, 0.15) is 44.6 Å². The monoisotopic (exact) mass is 327 g/mol. The molecule has 0 amide bonds. The minimum absolute atomic E-state index is 0.171. The molecule has 1 nitrogen and oxygen atoms in total. The summed E-state index contributed by atoms with van der Waals surface area (Å²) >= 11 is 3.28. The van der Waals surface area contributed by atoms with E-state index in [9.17, 15) is 4.39 Å². The first-order chi connectivity index (χ1) is 9.19. The molecule has 0 heterocycles. The van der Waals surface area contributed by atoms with Gasteiger partial charge in [0.2, 0.25) is 0 Å². The van der Waals surface area contributed by atoms with Crippen LogP contribution in [0.5, 0.6) is 0 Å². The van der Waals surface area contributed by atoms with Gasteiger partial charge in [0.25, 0.3) is 0 Å². The van der Waals surface area contributed by atoms with Crippen LogP contribution in [0.2, 0.25) is 0 Å². The fourth-order valence-corrected chi connectivity index (χ4v) is 3.55. The number of rotatable bonds is 4.